The first-order valence-electron chi connectivity index (χ1n) is 3.59. The summed E-state index contributed by atoms with van der Waals surface area (Å²) in [5, 5.41) is 0. The standard InChI is InChI=1S/C8H14O2/c1-3-5-9-6-4-8(2)7-10-8/h3H,1,4-7H2,2H3. The highest BCUT2D eigenvalue weighted by Crippen LogP contribution is 2.29. The first-order chi connectivity index (χ1) is 4.77. The highest BCUT2D eigenvalue weighted by molar-refractivity contribution is 4.86. The molecule has 2 heteroatoms. The van der Waals surface area contributed by atoms with Gasteiger partial charge in [0.25, 0.3) is 0 Å². The molecular formula is C8H14O2. The monoisotopic (exact) mass is 142 g/mol. The third kappa shape index (κ3) is 2.50. The lowest BCUT2D eigenvalue weighted by Crippen LogP contribution is -2.08. The van der Waals surface area contributed by atoms with Crippen LogP contribution in [0.15, 0.2) is 12.7 Å². The van der Waals surface area contributed by atoms with E-state index in [-0.39, 0.29) is 5.60 Å². The van der Waals surface area contributed by atoms with Crippen LogP contribution in [0.5, 0.6) is 0 Å². The third-order valence-electron chi connectivity index (χ3n) is 1.65. The lowest BCUT2D eigenvalue weighted by atomic mass is 10.1. The van der Waals surface area contributed by atoms with Gasteiger partial charge in [0.15, 0.2) is 0 Å². The molecule has 0 aromatic carbocycles. The van der Waals surface area contributed by atoms with Crippen molar-refractivity contribution in [3.63, 3.8) is 0 Å². The molecule has 1 saturated heterocycles. The molecule has 1 unspecified atom stereocenters. The van der Waals surface area contributed by atoms with E-state index in [1.54, 1.807) is 6.08 Å². The van der Waals surface area contributed by atoms with Gasteiger partial charge in [-0.15, -0.1) is 6.58 Å². The summed E-state index contributed by atoms with van der Waals surface area (Å²) in [4.78, 5) is 0. The summed E-state index contributed by atoms with van der Waals surface area (Å²) in [6.07, 6.45) is 2.76. The van der Waals surface area contributed by atoms with Crippen molar-refractivity contribution in [2.45, 2.75) is 18.9 Å². The fraction of sp³-hybridized carbons (Fsp3) is 0.750. The number of hydrogen-bond acceptors (Lipinski definition) is 2. The van der Waals surface area contributed by atoms with Crippen molar-refractivity contribution in [2.75, 3.05) is 19.8 Å². The van der Waals surface area contributed by atoms with E-state index in [1.807, 2.05) is 0 Å². The Morgan fingerprint density at radius 1 is 1.80 bits per heavy atom. The molecule has 0 N–H and O–H groups in total. The maximum Gasteiger partial charge on any atom is 0.0910 e. The van der Waals surface area contributed by atoms with Crippen LogP contribution in [0.2, 0.25) is 0 Å². The molecule has 1 fully saturated rings. The van der Waals surface area contributed by atoms with Crippen LogP contribution in [0.25, 0.3) is 0 Å². The summed E-state index contributed by atoms with van der Waals surface area (Å²) < 4.78 is 10.4. The van der Waals surface area contributed by atoms with E-state index in [4.69, 9.17) is 9.47 Å². The largest absolute Gasteiger partial charge is 0.377 e. The van der Waals surface area contributed by atoms with Crippen LogP contribution in [0.1, 0.15) is 13.3 Å². The Morgan fingerprint density at radius 2 is 2.50 bits per heavy atom. The van der Waals surface area contributed by atoms with E-state index < -0.39 is 0 Å². The maximum atomic E-state index is 5.20. The quantitative estimate of drug-likeness (QED) is 0.328. The number of ether oxygens (including phenoxy) is 2. The average Bonchev–Trinajstić information content (AvgIpc) is 2.62. The predicted molar refractivity (Wildman–Crippen MR) is 40.0 cm³/mol. The van der Waals surface area contributed by atoms with Crippen LogP contribution < -0.4 is 0 Å². The second-order valence-corrected chi connectivity index (χ2v) is 2.85. The van der Waals surface area contributed by atoms with Gasteiger partial charge in [-0.2, -0.15) is 0 Å². The molecule has 58 valence electrons. The predicted octanol–water partition coefficient (Wildman–Crippen LogP) is 1.37. The fourth-order valence-corrected chi connectivity index (χ4v) is 0.722. The van der Waals surface area contributed by atoms with Crippen molar-refractivity contribution in [3.8, 4) is 0 Å². The van der Waals surface area contributed by atoms with Gasteiger partial charge in [0.05, 0.1) is 18.8 Å². The summed E-state index contributed by atoms with van der Waals surface area (Å²) >= 11 is 0. The van der Waals surface area contributed by atoms with Crippen LogP contribution in [0.4, 0.5) is 0 Å². The normalized spacial score (nSPS) is 30.1. The highest BCUT2D eigenvalue weighted by Gasteiger charge is 2.38. The van der Waals surface area contributed by atoms with Crippen LogP contribution >= 0.6 is 0 Å². The Labute approximate surface area is 61.8 Å². The van der Waals surface area contributed by atoms with Crippen molar-refractivity contribution in [1.82, 2.24) is 0 Å². The molecule has 0 saturated carbocycles. The first-order valence-corrected chi connectivity index (χ1v) is 3.59. The first kappa shape index (κ1) is 7.76. The average molecular weight is 142 g/mol. The molecule has 1 atom stereocenters. The van der Waals surface area contributed by atoms with Crippen molar-refractivity contribution >= 4 is 0 Å². The molecular weight excluding hydrogens is 128 g/mol. The lowest BCUT2D eigenvalue weighted by Gasteiger charge is -2.03. The zero-order chi connectivity index (χ0) is 7.45. The molecule has 0 aromatic heterocycles. The van der Waals surface area contributed by atoms with Gasteiger partial charge in [0, 0.05) is 13.0 Å². The Kier molecular flexibility index (Phi) is 2.46. The number of hydrogen-bond donors (Lipinski definition) is 0. The van der Waals surface area contributed by atoms with Gasteiger partial charge in [0.1, 0.15) is 0 Å². The van der Waals surface area contributed by atoms with Crippen LogP contribution in [-0.2, 0) is 9.47 Å². The molecule has 0 bridgehead atoms. The molecule has 10 heavy (non-hydrogen) atoms. The lowest BCUT2D eigenvalue weighted by molar-refractivity contribution is 0.137. The summed E-state index contributed by atoms with van der Waals surface area (Å²) in [6, 6.07) is 0. The molecule has 1 heterocycles. The van der Waals surface area contributed by atoms with Gasteiger partial charge in [-0.1, -0.05) is 6.08 Å². The second-order valence-electron chi connectivity index (χ2n) is 2.85. The van der Waals surface area contributed by atoms with Gasteiger partial charge in [-0.25, -0.2) is 0 Å². The third-order valence-corrected chi connectivity index (χ3v) is 1.65. The minimum atomic E-state index is 0.140. The molecule has 1 rings (SSSR count). The molecule has 0 radical (unpaired) electrons. The molecule has 1 aliphatic heterocycles. The van der Waals surface area contributed by atoms with Gasteiger partial charge in [-0.05, 0) is 6.92 Å². The Morgan fingerprint density at radius 3 is 3.00 bits per heavy atom. The minimum Gasteiger partial charge on any atom is -0.377 e. The smallest absolute Gasteiger partial charge is 0.0910 e. The van der Waals surface area contributed by atoms with Crippen LogP contribution in [0.3, 0.4) is 0 Å². The Hall–Kier alpha value is -0.340. The minimum absolute atomic E-state index is 0.140. The summed E-state index contributed by atoms with van der Waals surface area (Å²) in [5.41, 5.74) is 0.140. The van der Waals surface area contributed by atoms with E-state index in [1.165, 1.54) is 0 Å². The Bertz CT molecular complexity index is 116. The van der Waals surface area contributed by atoms with Crippen molar-refractivity contribution in [3.05, 3.63) is 12.7 Å². The molecule has 0 aliphatic carbocycles. The highest BCUT2D eigenvalue weighted by atomic mass is 16.6. The van der Waals surface area contributed by atoms with E-state index in [0.717, 1.165) is 19.6 Å². The molecule has 0 aromatic rings. The second kappa shape index (κ2) is 3.17. The van der Waals surface area contributed by atoms with Gasteiger partial charge < -0.3 is 9.47 Å². The van der Waals surface area contributed by atoms with Gasteiger partial charge in [0.2, 0.25) is 0 Å². The van der Waals surface area contributed by atoms with E-state index in [2.05, 4.69) is 13.5 Å². The number of epoxide rings is 1. The van der Waals surface area contributed by atoms with Crippen LogP contribution in [0, 0.1) is 0 Å². The SMILES string of the molecule is C=CCOCCC1(C)CO1. The van der Waals surface area contributed by atoms with E-state index in [0.29, 0.717) is 6.61 Å². The van der Waals surface area contributed by atoms with Crippen molar-refractivity contribution in [2.24, 2.45) is 0 Å². The van der Waals surface area contributed by atoms with Crippen LogP contribution in [-0.4, -0.2) is 25.4 Å². The Balaban J connectivity index is 1.90. The topological polar surface area (TPSA) is 21.8 Å². The molecule has 0 spiro atoms. The van der Waals surface area contributed by atoms with Gasteiger partial charge in [-0.3, -0.25) is 0 Å². The summed E-state index contributed by atoms with van der Waals surface area (Å²) in [6.45, 7) is 7.98. The van der Waals surface area contributed by atoms with E-state index >= 15 is 0 Å². The zero-order valence-electron chi connectivity index (χ0n) is 6.43. The van der Waals surface area contributed by atoms with Gasteiger partial charge >= 0.3 is 0 Å². The maximum absolute atomic E-state index is 5.20. The fourth-order valence-electron chi connectivity index (χ4n) is 0.722. The summed E-state index contributed by atoms with van der Waals surface area (Å²) in [7, 11) is 0. The van der Waals surface area contributed by atoms with Crippen molar-refractivity contribution in [1.29, 1.82) is 0 Å². The van der Waals surface area contributed by atoms with Crippen molar-refractivity contribution < 1.29 is 9.47 Å². The number of rotatable bonds is 5. The van der Waals surface area contributed by atoms with E-state index in [9.17, 15) is 0 Å². The summed E-state index contributed by atoms with van der Waals surface area (Å²) in [5.74, 6) is 0. The molecule has 1 aliphatic rings. The molecule has 0 amide bonds. The molecule has 2 nitrogen and oxygen atoms in total. The zero-order valence-corrected chi connectivity index (χ0v) is 6.43.